The summed E-state index contributed by atoms with van der Waals surface area (Å²) in [6, 6.07) is 4.11. The van der Waals surface area contributed by atoms with E-state index < -0.39 is 18.7 Å². The number of hydrogen-bond donors (Lipinski definition) is 1. The molecule has 2 aromatic rings. The lowest BCUT2D eigenvalue weighted by Crippen LogP contribution is -2.19. The van der Waals surface area contributed by atoms with E-state index in [1.807, 2.05) is 0 Å². The van der Waals surface area contributed by atoms with Gasteiger partial charge in [0.2, 0.25) is 5.88 Å². The first-order valence-electron chi connectivity index (χ1n) is 5.80. The average Bonchev–Trinajstić information content (AvgIpc) is 2.81. The molecule has 1 N–H and O–H groups in total. The molecule has 0 radical (unpaired) electrons. The molecule has 0 aliphatic rings. The fourth-order valence-electron chi connectivity index (χ4n) is 1.43. The van der Waals surface area contributed by atoms with Crippen molar-refractivity contribution in [3.05, 3.63) is 36.2 Å². The smallest absolute Gasteiger partial charge is 0.422 e. The molecular formula is C12H11F3N4O2. The molecule has 1 amide bonds. The molecule has 2 aromatic heterocycles. The van der Waals surface area contributed by atoms with Gasteiger partial charge in [0.25, 0.3) is 5.91 Å². The van der Waals surface area contributed by atoms with Crippen LogP contribution in [0.5, 0.6) is 5.88 Å². The van der Waals surface area contributed by atoms with E-state index in [0.717, 1.165) is 6.20 Å². The number of carbonyl (C=O) groups is 1. The highest BCUT2D eigenvalue weighted by molar-refractivity contribution is 6.03. The number of anilines is 1. The Morgan fingerprint density at radius 3 is 2.67 bits per heavy atom. The van der Waals surface area contributed by atoms with Crippen molar-refractivity contribution in [1.29, 1.82) is 0 Å². The lowest BCUT2D eigenvalue weighted by molar-refractivity contribution is -0.154. The first-order chi connectivity index (χ1) is 9.83. The van der Waals surface area contributed by atoms with Gasteiger partial charge < -0.3 is 10.1 Å². The molecule has 0 fully saturated rings. The second kappa shape index (κ2) is 5.81. The van der Waals surface area contributed by atoms with Crippen LogP contribution in [0.4, 0.5) is 19.0 Å². The number of carbonyl (C=O) groups excluding carboxylic acids is 1. The van der Waals surface area contributed by atoms with Gasteiger partial charge in [-0.15, -0.1) is 0 Å². The van der Waals surface area contributed by atoms with Gasteiger partial charge in [-0.2, -0.15) is 18.3 Å². The van der Waals surface area contributed by atoms with Crippen LogP contribution in [0.25, 0.3) is 0 Å². The van der Waals surface area contributed by atoms with Crippen LogP contribution in [0.15, 0.2) is 30.6 Å². The minimum atomic E-state index is -4.43. The monoisotopic (exact) mass is 300 g/mol. The number of ether oxygens (including phenoxy) is 1. The second-order valence-electron chi connectivity index (χ2n) is 4.12. The third-order valence-corrected chi connectivity index (χ3v) is 2.34. The normalized spacial score (nSPS) is 11.2. The summed E-state index contributed by atoms with van der Waals surface area (Å²) < 4.78 is 41.9. The summed E-state index contributed by atoms with van der Waals surface area (Å²) >= 11 is 0. The zero-order chi connectivity index (χ0) is 15.5. The van der Waals surface area contributed by atoms with E-state index in [1.54, 1.807) is 19.3 Å². The first-order valence-corrected chi connectivity index (χ1v) is 5.80. The Hall–Kier alpha value is -2.58. The molecule has 0 saturated heterocycles. The number of amides is 1. The molecule has 0 spiro atoms. The Labute approximate surface area is 117 Å². The van der Waals surface area contributed by atoms with Crippen molar-refractivity contribution in [2.45, 2.75) is 6.18 Å². The van der Waals surface area contributed by atoms with Crippen LogP contribution >= 0.6 is 0 Å². The average molecular weight is 300 g/mol. The number of aromatic nitrogens is 3. The molecule has 9 heteroatoms. The molecule has 0 saturated carbocycles. The maximum absolute atomic E-state index is 12.0. The lowest BCUT2D eigenvalue weighted by Gasteiger charge is -2.08. The largest absolute Gasteiger partial charge is 0.468 e. The highest BCUT2D eigenvalue weighted by Gasteiger charge is 2.28. The van der Waals surface area contributed by atoms with E-state index >= 15 is 0 Å². The van der Waals surface area contributed by atoms with Crippen LogP contribution in [0.1, 0.15) is 10.4 Å². The molecule has 0 atom stereocenters. The van der Waals surface area contributed by atoms with Crippen LogP contribution in [-0.2, 0) is 7.05 Å². The predicted octanol–water partition coefficient (Wildman–Crippen LogP) is 2.01. The maximum atomic E-state index is 12.0. The van der Waals surface area contributed by atoms with Gasteiger partial charge in [0.15, 0.2) is 12.4 Å². The standard InChI is InChI=1S/C12H11F3N4O2/c1-19-5-4-9(18-19)17-11(20)8-2-3-10(16-6-8)21-7-12(13,14)15/h2-6H,7H2,1H3,(H,17,18,20). The van der Waals surface area contributed by atoms with Gasteiger partial charge in [0.05, 0.1) is 5.56 Å². The number of nitrogens with one attached hydrogen (secondary N) is 1. The van der Waals surface area contributed by atoms with Crippen molar-refractivity contribution in [3.63, 3.8) is 0 Å². The maximum Gasteiger partial charge on any atom is 0.422 e. The van der Waals surface area contributed by atoms with E-state index in [1.165, 1.54) is 16.8 Å². The zero-order valence-corrected chi connectivity index (χ0v) is 10.9. The van der Waals surface area contributed by atoms with Crippen LogP contribution in [0.2, 0.25) is 0 Å². The highest BCUT2D eigenvalue weighted by atomic mass is 19.4. The molecule has 2 rings (SSSR count). The van der Waals surface area contributed by atoms with E-state index in [-0.39, 0.29) is 11.4 Å². The summed E-state index contributed by atoms with van der Waals surface area (Å²) in [5.74, 6) is -0.315. The van der Waals surface area contributed by atoms with Crippen molar-refractivity contribution < 1.29 is 22.7 Å². The fraction of sp³-hybridized carbons (Fsp3) is 0.250. The van der Waals surface area contributed by atoms with E-state index in [9.17, 15) is 18.0 Å². The molecular weight excluding hydrogens is 289 g/mol. The quantitative estimate of drug-likeness (QED) is 0.937. The molecule has 0 aliphatic heterocycles. The number of halogens is 3. The minimum absolute atomic E-state index is 0.181. The number of pyridine rings is 1. The number of aryl methyl sites for hydroxylation is 1. The van der Waals surface area contributed by atoms with Gasteiger partial charge in [-0.1, -0.05) is 0 Å². The molecule has 112 valence electrons. The predicted molar refractivity (Wildman–Crippen MR) is 66.9 cm³/mol. The van der Waals surface area contributed by atoms with Gasteiger partial charge >= 0.3 is 6.18 Å². The van der Waals surface area contributed by atoms with E-state index in [0.29, 0.717) is 5.82 Å². The summed E-state index contributed by atoms with van der Waals surface area (Å²) in [5, 5.41) is 6.49. The summed E-state index contributed by atoms with van der Waals surface area (Å²) in [6.45, 7) is -1.43. The lowest BCUT2D eigenvalue weighted by atomic mass is 10.2. The molecule has 0 unspecified atom stereocenters. The van der Waals surface area contributed by atoms with Crippen LogP contribution in [-0.4, -0.2) is 33.5 Å². The third kappa shape index (κ3) is 4.48. The topological polar surface area (TPSA) is 69.0 Å². The van der Waals surface area contributed by atoms with Crippen molar-refractivity contribution >= 4 is 11.7 Å². The number of nitrogens with zero attached hydrogens (tertiary/aromatic N) is 3. The molecule has 2 heterocycles. The summed E-state index contributed by atoms with van der Waals surface area (Å²) in [7, 11) is 1.70. The Bertz CT molecular complexity index is 622. The summed E-state index contributed by atoms with van der Waals surface area (Å²) in [4.78, 5) is 15.5. The van der Waals surface area contributed by atoms with Gasteiger partial charge in [0.1, 0.15) is 0 Å². The van der Waals surface area contributed by atoms with Crippen molar-refractivity contribution in [2.75, 3.05) is 11.9 Å². The first kappa shape index (κ1) is 14.8. The summed E-state index contributed by atoms with van der Waals surface area (Å²) in [6.07, 6.45) is -1.65. The van der Waals surface area contributed by atoms with Gasteiger partial charge in [0, 0.05) is 31.6 Å². The van der Waals surface area contributed by atoms with Gasteiger partial charge in [-0.05, 0) is 6.07 Å². The summed E-state index contributed by atoms with van der Waals surface area (Å²) in [5.41, 5.74) is 0.181. The Morgan fingerprint density at radius 2 is 2.14 bits per heavy atom. The molecule has 6 nitrogen and oxygen atoms in total. The van der Waals surface area contributed by atoms with E-state index in [2.05, 4.69) is 20.1 Å². The van der Waals surface area contributed by atoms with Crippen molar-refractivity contribution in [3.8, 4) is 5.88 Å². The Kier molecular flexibility index (Phi) is 4.10. The second-order valence-corrected chi connectivity index (χ2v) is 4.12. The van der Waals surface area contributed by atoms with E-state index in [4.69, 9.17) is 0 Å². The van der Waals surface area contributed by atoms with Crippen molar-refractivity contribution in [1.82, 2.24) is 14.8 Å². The highest BCUT2D eigenvalue weighted by Crippen LogP contribution is 2.17. The van der Waals surface area contributed by atoms with Crippen LogP contribution < -0.4 is 10.1 Å². The molecule has 0 bridgehead atoms. The SMILES string of the molecule is Cn1ccc(NC(=O)c2ccc(OCC(F)(F)F)nc2)n1. The zero-order valence-electron chi connectivity index (χ0n) is 10.9. The number of alkyl halides is 3. The van der Waals surface area contributed by atoms with Crippen molar-refractivity contribution in [2.24, 2.45) is 7.05 Å². The molecule has 0 aliphatic carbocycles. The van der Waals surface area contributed by atoms with Gasteiger partial charge in [-0.3, -0.25) is 9.48 Å². The Morgan fingerprint density at radius 1 is 1.38 bits per heavy atom. The fourth-order valence-corrected chi connectivity index (χ4v) is 1.43. The molecule has 0 aromatic carbocycles. The number of hydrogen-bond acceptors (Lipinski definition) is 4. The van der Waals surface area contributed by atoms with Crippen LogP contribution in [0.3, 0.4) is 0 Å². The van der Waals surface area contributed by atoms with Gasteiger partial charge in [-0.25, -0.2) is 4.98 Å². The van der Waals surface area contributed by atoms with Crippen LogP contribution in [0, 0.1) is 0 Å². The minimum Gasteiger partial charge on any atom is -0.468 e. The Balaban J connectivity index is 1.96. The third-order valence-electron chi connectivity index (χ3n) is 2.34. The molecule has 21 heavy (non-hydrogen) atoms. The number of rotatable bonds is 4.